The molecule has 1 amide bonds. The zero-order chi connectivity index (χ0) is 19.4. The highest BCUT2D eigenvalue weighted by molar-refractivity contribution is 8.18. The second-order valence-electron chi connectivity index (χ2n) is 5.70. The number of nitrogens with one attached hydrogen (secondary N) is 1. The van der Waals surface area contributed by atoms with E-state index in [1.807, 2.05) is 13.8 Å². The summed E-state index contributed by atoms with van der Waals surface area (Å²) in [6.45, 7) is 4.21. The van der Waals surface area contributed by atoms with Crippen molar-refractivity contribution in [2.24, 2.45) is 0 Å². The molecule has 26 heavy (non-hydrogen) atoms. The zero-order valence-corrected chi connectivity index (χ0v) is 17.4. The number of hydroxylamine groups is 1. The summed E-state index contributed by atoms with van der Waals surface area (Å²) in [5.74, 6) is 1.44. The first-order valence-corrected chi connectivity index (χ1v) is 11.6. The van der Waals surface area contributed by atoms with Crippen LogP contribution < -0.4 is 10.2 Å². The highest BCUT2D eigenvalue weighted by Crippen LogP contribution is 2.48. The van der Waals surface area contributed by atoms with E-state index >= 15 is 0 Å². The minimum Gasteiger partial charge on any atom is -0.497 e. The molecule has 1 aromatic carbocycles. The van der Waals surface area contributed by atoms with Gasteiger partial charge in [-0.25, -0.2) is 13.9 Å². The molecule has 0 bridgehead atoms. The lowest BCUT2D eigenvalue weighted by molar-refractivity contribution is -0.132. The first-order chi connectivity index (χ1) is 12.3. The molecule has 10 heteroatoms. The molecule has 0 spiro atoms. The Morgan fingerprint density at radius 2 is 1.88 bits per heavy atom. The van der Waals surface area contributed by atoms with Crippen LogP contribution in [0.15, 0.2) is 29.2 Å². The maximum Gasteiger partial charge on any atom is 0.261 e. The first-order valence-electron chi connectivity index (χ1n) is 8.21. The Labute approximate surface area is 162 Å². The standard InChI is InChI=1S/C16H24N2O5S3/c1-4-24-16(25-5-2)10-14(15(19)17-20)18(11-16)26(21,22)13-8-6-12(23-3)7-9-13/h6-9,14,20H,4-5,10-11H2,1-3H3,(H,17,19). The van der Waals surface area contributed by atoms with Gasteiger partial charge in [-0.05, 0) is 42.2 Å². The van der Waals surface area contributed by atoms with Gasteiger partial charge < -0.3 is 4.74 Å². The van der Waals surface area contributed by atoms with Crippen LogP contribution in [0.2, 0.25) is 0 Å². The number of methoxy groups -OCH3 is 1. The van der Waals surface area contributed by atoms with Crippen LogP contribution in [0.1, 0.15) is 20.3 Å². The molecule has 1 aromatic rings. The van der Waals surface area contributed by atoms with E-state index in [4.69, 9.17) is 9.94 Å². The van der Waals surface area contributed by atoms with Crippen molar-refractivity contribution in [1.29, 1.82) is 0 Å². The summed E-state index contributed by atoms with van der Waals surface area (Å²) in [6, 6.07) is 5.10. The Kier molecular flexibility index (Phi) is 7.26. The maximum atomic E-state index is 13.2. The van der Waals surface area contributed by atoms with E-state index in [0.29, 0.717) is 12.2 Å². The summed E-state index contributed by atoms with van der Waals surface area (Å²) < 4.78 is 32.2. The van der Waals surface area contributed by atoms with Gasteiger partial charge in [-0.15, -0.1) is 23.5 Å². The van der Waals surface area contributed by atoms with E-state index in [-0.39, 0.29) is 11.4 Å². The zero-order valence-electron chi connectivity index (χ0n) is 15.0. The molecular weight excluding hydrogens is 396 g/mol. The summed E-state index contributed by atoms with van der Waals surface area (Å²) in [7, 11) is -2.39. The van der Waals surface area contributed by atoms with Gasteiger partial charge in [0.25, 0.3) is 5.91 Å². The number of nitrogens with zero attached hydrogens (tertiary/aromatic N) is 1. The van der Waals surface area contributed by atoms with Crippen LogP contribution in [0.25, 0.3) is 0 Å². The number of carbonyl (C=O) groups is 1. The monoisotopic (exact) mass is 420 g/mol. The van der Waals surface area contributed by atoms with Gasteiger partial charge >= 0.3 is 0 Å². The van der Waals surface area contributed by atoms with Gasteiger partial charge in [0.2, 0.25) is 10.0 Å². The molecule has 7 nitrogen and oxygen atoms in total. The van der Waals surface area contributed by atoms with E-state index in [2.05, 4.69) is 0 Å². The molecule has 146 valence electrons. The molecule has 0 saturated carbocycles. The average Bonchev–Trinajstić information content (AvgIpc) is 3.02. The third-order valence-electron chi connectivity index (χ3n) is 4.14. The van der Waals surface area contributed by atoms with Crippen LogP contribution >= 0.6 is 23.5 Å². The van der Waals surface area contributed by atoms with Crippen molar-refractivity contribution in [3.63, 3.8) is 0 Å². The number of rotatable bonds is 8. The van der Waals surface area contributed by atoms with Gasteiger partial charge in [-0.3, -0.25) is 10.0 Å². The SMILES string of the molecule is CCSC1(SCC)CC(C(=O)NO)N(S(=O)(=O)c2ccc(OC)cc2)C1. The number of sulfonamides is 1. The van der Waals surface area contributed by atoms with E-state index in [0.717, 1.165) is 11.5 Å². The Bertz CT molecular complexity index is 718. The lowest BCUT2D eigenvalue weighted by Crippen LogP contribution is -2.45. The van der Waals surface area contributed by atoms with Crippen LogP contribution in [-0.2, 0) is 14.8 Å². The quantitative estimate of drug-likeness (QED) is 0.378. The molecule has 1 aliphatic heterocycles. The maximum absolute atomic E-state index is 13.2. The summed E-state index contributed by atoms with van der Waals surface area (Å²) in [5.41, 5.74) is 1.62. The number of thioether (sulfide) groups is 2. The van der Waals surface area contributed by atoms with Crippen molar-refractivity contribution >= 4 is 39.5 Å². The van der Waals surface area contributed by atoms with Crippen LogP contribution in [0.3, 0.4) is 0 Å². The molecule has 0 radical (unpaired) electrons. The van der Waals surface area contributed by atoms with Crippen molar-refractivity contribution in [2.45, 2.75) is 35.3 Å². The second kappa shape index (κ2) is 8.83. The summed E-state index contributed by atoms with van der Waals surface area (Å²) in [4.78, 5) is 12.3. The van der Waals surface area contributed by atoms with Crippen LogP contribution in [0.4, 0.5) is 0 Å². The van der Waals surface area contributed by atoms with Crippen molar-refractivity contribution in [3.05, 3.63) is 24.3 Å². The Morgan fingerprint density at radius 1 is 1.31 bits per heavy atom. The molecule has 1 unspecified atom stereocenters. The fraction of sp³-hybridized carbons (Fsp3) is 0.562. The highest BCUT2D eigenvalue weighted by Gasteiger charge is 2.51. The molecule has 1 fully saturated rings. The average molecular weight is 421 g/mol. The van der Waals surface area contributed by atoms with Gasteiger partial charge in [0.05, 0.1) is 16.1 Å². The number of amides is 1. The first kappa shape index (κ1) is 21.4. The summed E-state index contributed by atoms with van der Waals surface area (Å²) in [6.07, 6.45) is 0.339. The molecule has 1 atom stereocenters. The molecule has 1 heterocycles. The minimum absolute atomic E-state index is 0.0906. The largest absolute Gasteiger partial charge is 0.497 e. The lowest BCUT2D eigenvalue weighted by Gasteiger charge is -2.27. The molecule has 2 rings (SSSR count). The fourth-order valence-corrected chi connectivity index (χ4v) is 7.93. The molecule has 1 saturated heterocycles. The summed E-state index contributed by atoms with van der Waals surface area (Å²) in [5, 5.41) is 9.10. The predicted molar refractivity (Wildman–Crippen MR) is 104 cm³/mol. The van der Waals surface area contributed by atoms with Gasteiger partial charge in [0.1, 0.15) is 11.8 Å². The lowest BCUT2D eigenvalue weighted by atomic mass is 10.2. The molecule has 0 aliphatic carbocycles. The highest BCUT2D eigenvalue weighted by atomic mass is 32.2. The van der Waals surface area contributed by atoms with E-state index < -0.39 is 26.1 Å². The molecular formula is C16H24N2O5S3. The fourth-order valence-electron chi connectivity index (χ4n) is 3.02. The van der Waals surface area contributed by atoms with E-state index in [1.54, 1.807) is 41.1 Å². The van der Waals surface area contributed by atoms with Crippen LogP contribution in [-0.4, -0.2) is 59.1 Å². The Morgan fingerprint density at radius 3 is 2.35 bits per heavy atom. The predicted octanol–water partition coefficient (Wildman–Crippen LogP) is 2.17. The van der Waals surface area contributed by atoms with Gasteiger partial charge in [-0.1, -0.05) is 13.8 Å². The third kappa shape index (κ3) is 4.30. The Hall–Kier alpha value is -0.940. The minimum atomic E-state index is -3.90. The number of carbonyl (C=O) groups excluding carboxylic acids is 1. The third-order valence-corrected chi connectivity index (χ3v) is 8.94. The molecule has 0 aromatic heterocycles. The Balaban J connectivity index is 2.42. The van der Waals surface area contributed by atoms with Crippen LogP contribution in [0.5, 0.6) is 5.75 Å². The smallest absolute Gasteiger partial charge is 0.261 e. The number of hydrogen-bond acceptors (Lipinski definition) is 7. The summed E-state index contributed by atoms with van der Waals surface area (Å²) >= 11 is 3.28. The van der Waals surface area contributed by atoms with Crippen molar-refractivity contribution in [2.75, 3.05) is 25.2 Å². The second-order valence-corrected chi connectivity index (χ2v) is 11.1. The number of ether oxygens (including phenoxy) is 1. The topological polar surface area (TPSA) is 95.9 Å². The molecule has 2 N–H and O–H groups in total. The normalized spacial score (nSPS) is 20.1. The van der Waals surface area contributed by atoms with Gasteiger partial charge in [0.15, 0.2) is 0 Å². The van der Waals surface area contributed by atoms with Gasteiger partial charge in [-0.2, -0.15) is 4.31 Å². The van der Waals surface area contributed by atoms with Crippen molar-refractivity contribution in [3.8, 4) is 5.75 Å². The number of hydrogen-bond donors (Lipinski definition) is 2. The van der Waals surface area contributed by atoms with Crippen LogP contribution in [0, 0.1) is 0 Å². The van der Waals surface area contributed by atoms with E-state index in [1.165, 1.54) is 23.5 Å². The molecule has 1 aliphatic rings. The van der Waals surface area contributed by atoms with Gasteiger partial charge in [0, 0.05) is 6.54 Å². The van der Waals surface area contributed by atoms with Crippen molar-refractivity contribution in [1.82, 2.24) is 9.79 Å². The van der Waals surface area contributed by atoms with Crippen molar-refractivity contribution < 1.29 is 23.2 Å². The van der Waals surface area contributed by atoms with E-state index in [9.17, 15) is 13.2 Å². The number of benzene rings is 1.